The van der Waals surface area contributed by atoms with Gasteiger partial charge < -0.3 is 15.3 Å². The van der Waals surface area contributed by atoms with E-state index in [0.717, 1.165) is 12.5 Å². The summed E-state index contributed by atoms with van der Waals surface area (Å²) in [5, 5.41) is 11.4. The molecule has 0 aromatic heterocycles. The topological polar surface area (TPSA) is 69.6 Å². The van der Waals surface area contributed by atoms with Crippen molar-refractivity contribution >= 4 is 23.8 Å². The average Bonchev–Trinajstić information content (AvgIpc) is 2.45. The van der Waals surface area contributed by atoms with E-state index < -0.39 is 5.97 Å². The quantitative estimate of drug-likeness (QED) is 0.598. The molecule has 2 N–H and O–H groups in total. The second-order valence-electron chi connectivity index (χ2n) is 4.46. The molecule has 2 amide bonds. The Morgan fingerprint density at radius 3 is 2.81 bits per heavy atom. The molecule has 0 saturated carbocycles. The number of hydrogen-bond donors (Lipinski definition) is 2. The molecule has 0 saturated heterocycles. The Bertz CT molecular complexity index is 538. The van der Waals surface area contributed by atoms with E-state index in [1.54, 1.807) is 35.2 Å². The number of nitrogens with zero attached hydrogens (tertiary/aromatic N) is 1. The van der Waals surface area contributed by atoms with Gasteiger partial charge >= 0.3 is 12.0 Å². The summed E-state index contributed by atoms with van der Waals surface area (Å²) in [4.78, 5) is 24.3. The molecule has 0 radical (unpaired) electrons. The van der Waals surface area contributed by atoms with Crippen LogP contribution in [0.2, 0.25) is 0 Å². The highest BCUT2D eigenvalue weighted by molar-refractivity contribution is 5.90. The first-order chi connectivity index (χ1) is 10.1. The molecule has 0 aliphatic rings. The number of carboxylic acid groups (broad SMARTS) is 1. The fraction of sp³-hybridized carbons (Fsp3) is 0.250. The summed E-state index contributed by atoms with van der Waals surface area (Å²) in [6, 6.07) is 6.80. The number of anilines is 1. The monoisotopic (exact) mass is 288 g/mol. The number of rotatable bonds is 7. The summed E-state index contributed by atoms with van der Waals surface area (Å²) in [7, 11) is 0. The molecule has 0 fully saturated rings. The number of carbonyl (C=O) groups is 2. The molecule has 0 aliphatic heterocycles. The van der Waals surface area contributed by atoms with Crippen LogP contribution in [0, 0.1) is 0 Å². The highest BCUT2D eigenvalue weighted by atomic mass is 16.4. The number of benzene rings is 1. The summed E-state index contributed by atoms with van der Waals surface area (Å²) < 4.78 is 0. The molecule has 1 rings (SSSR count). The second kappa shape index (κ2) is 8.58. The second-order valence-corrected chi connectivity index (χ2v) is 4.46. The van der Waals surface area contributed by atoms with Crippen LogP contribution in [0.4, 0.5) is 10.5 Å². The minimum atomic E-state index is -1.01. The third-order valence-electron chi connectivity index (χ3n) is 2.69. The highest BCUT2D eigenvalue weighted by Crippen LogP contribution is 2.13. The van der Waals surface area contributed by atoms with Crippen LogP contribution >= 0.6 is 0 Å². The van der Waals surface area contributed by atoms with E-state index in [-0.39, 0.29) is 6.03 Å². The number of carboxylic acids is 1. The van der Waals surface area contributed by atoms with Crippen molar-refractivity contribution < 1.29 is 14.7 Å². The fourth-order valence-electron chi connectivity index (χ4n) is 1.79. The van der Waals surface area contributed by atoms with Gasteiger partial charge in [-0.15, -0.1) is 6.58 Å². The van der Waals surface area contributed by atoms with Gasteiger partial charge in [0.2, 0.25) is 0 Å². The number of aliphatic carboxylic acids is 1. The van der Waals surface area contributed by atoms with Crippen molar-refractivity contribution in [3.8, 4) is 0 Å². The van der Waals surface area contributed by atoms with E-state index in [2.05, 4.69) is 11.9 Å². The van der Waals surface area contributed by atoms with Gasteiger partial charge in [-0.2, -0.15) is 0 Å². The average molecular weight is 288 g/mol. The van der Waals surface area contributed by atoms with Crippen molar-refractivity contribution in [2.24, 2.45) is 0 Å². The molecular formula is C16H20N2O3. The van der Waals surface area contributed by atoms with Crippen molar-refractivity contribution in [3.63, 3.8) is 0 Å². The Hall–Kier alpha value is -2.56. The van der Waals surface area contributed by atoms with Crippen LogP contribution in [0.5, 0.6) is 0 Å². The standard InChI is InChI=1S/C16H20N2O3/c1-3-10-18(11-4-2)16(21)17-14-7-5-6-13(12-14)8-9-15(19)20/h3,5-9,12H,1,4,10-11H2,2H3,(H,17,21)(H,19,20)/b9-8+. The third-order valence-corrected chi connectivity index (χ3v) is 2.69. The SMILES string of the molecule is C=CCN(CCC)C(=O)Nc1cccc(/C=C/C(=O)O)c1. The predicted molar refractivity (Wildman–Crippen MR) is 84.2 cm³/mol. The third kappa shape index (κ3) is 5.95. The van der Waals surface area contributed by atoms with E-state index in [0.29, 0.717) is 24.3 Å². The maximum Gasteiger partial charge on any atom is 0.328 e. The van der Waals surface area contributed by atoms with Crippen LogP contribution in [0.3, 0.4) is 0 Å². The Kier molecular flexibility index (Phi) is 6.74. The van der Waals surface area contributed by atoms with Gasteiger partial charge in [-0.25, -0.2) is 9.59 Å². The smallest absolute Gasteiger partial charge is 0.328 e. The Labute approximate surface area is 124 Å². The van der Waals surface area contributed by atoms with Crippen LogP contribution < -0.4 is 5.32 Å². The summed E-state index contributed by atoms with van der Waals surface area (Å²) in [5.41, 5.74) is 1.33. The summed E-state index contributed by atoms with van der Waals surface area (Å²) in [6.45, 7) is 6.78. The summed E-state index contributed by atoms with van der Waals surface area (Å²) >= 11 is 0. The molecule has 21 heavy (non-hydrogen) atoms. The first-order valence-corrected chi connectivity index (χ1v) is 6.74. The lowest BCUT2D eigenvalue weighted by Crippen LogP contribution is -2.35. The molecule has 0 bridgehead atoms. The van der Waals surface area contributed by atoms with Crippen molar-refractivity contribution in [1.82, 2.24) is 4.90 Å². The van der Waals surface area contributed by atoms with Gasteiger partial charge in [-0.1, -0.05) is 25.1 Å². The van der Waals surface area contributed by atoms with Gasteiger partial charge in [0.05, 0.1) is 0 Å². The molecule has 0 unspecified atom stereocenters. The molecule has 0 spiro atoms. The van der Waals surface area contributed by atoms with Crippen LogP contribution in [0.1, 0.15) is 18.9 Å². The number of amides is 2. The molecule has 5 heteroatoms. The zero-order valence-corrected chi connectivity index (χ0v) is 12.1. The van der Waals surface area contributed by atoms with E-state index in [1.165, 1.54) is 6.08 Å². The molecule has 0 heterocycles. The maximum absolute atomic E-state index is 12.1. The van der Waals surface area contributed by atoms with E-state index in [9.17, 15) is 9.59 Å². The van der Waals surface area contributed by atoms with Gasteiger partial charge in [0, 0.05) is 24.9 Å². The van der Waals surface area contributed by atoms with Gasteiger partial charge in [0.15, 0.2) is 0 Å². The maximum atomic E-state index is 12.1. The van der Waals surface area contributed by atoms with Crippen molar-refractivity contribution in [2.45, 2.75) is 13.3 Å². The van der Waals surface area contributed by atoms with Crippen molar-refractivity contribution in [1.29, 1.82) is 0 Å². The first kappa shape index (κ1) is 16.5. The lowest BCUT2D eigenvalue weighted by molar-refractivity contribution is -0.131. The largest absolute Gasteiger partial charge is 0.478 e. The predicted octanol–water partition coefficient (Wildman–Crippen LogP) is 3.21. The molecule has 5 nitrogen and oxygen atoms in total. The van der Waals surface area contributed by atoms with Gasteiger partial charge in [-0.05, 0) is 30.2 Å². The lowest BCUT2D eigenvalue weighted by Gasteiger charge is -2.21. The summed E-state index contributed by atoms with van der Waals surface area (Å²) in [5.74, 6) is -1.01. The Morgan fingerprint density at radius 1 is 1.43 bits per heavy atom. The minimum Gasteiger partial charge on any atom is -0.478 e. The van der Waals surface area contributed by atoms with Gasteiger partial charge in [0.1, 0.15) is 0 Å². The molecule has 1 aromatic rings. The Balaban J connectivity index is 2.77. The van der Waals surface area contributed by atoms with Crippen LogP contribution in [-0.2, 0) is 4.79 Å². The van der Waals surface area contributed by atoms with E-state index >= 15 is 0 Å². The van der Waals surface area contributed by atoms with Crippen LogP contribution in [0.15, 0.2) is 43.0 Å². The van der Waals surface area contributed by atoms with E-state index in [1.807, 2.05) is 6.92 Å². The Morgan fingerprint density at radius 2 is 2.19 bits per heavy atom. The molecule has 112 valence electrons. The normalized spacial score (nSPS) is 10.3. The lowest BCUT2D eigenvalue weighted by atomic mass is 10.2. The molecule has 0 aliphatic carbocycles. The highest BCUT2D eigenvalue weighted by Gasteiger charge is 2.10. The zero-order chi connectivity index (χ0) is 15.7. The number of nitrogens with one attached hydrogen (secondary N) is 1. The van der Waals surface area contributed by atoms with E-state index in [4.69, 9.17) is 5.11 Å². The van der Waals surface area contributed by atoms with Crippen molar-refractivity contribution in [3.05, 3.63) is 48.6 Å². The fourth-order valence-corrected chi connectivity index (χ4v) is 1.79. The van der Waals surface area contributed by atoms with Gasteiger partial charge in [-0.3, -0.25) is 0 Å². The first-order valence-electron chi connectivity index (χ1n) is 6.74. The van der Waals surface area contributed by atoms with Crippen molar-refractivity contribution in [2.75, 3.05) is 18.4 Å². The minimum absolute atomic E-state index is 0.198. The summed E-state index contributed by atoms with van der Waals surface area (Å²) in [6.07, 6.45) is 5.08. The number of urea groups is 1. The van der Waals surface area contributed by atoms with Crippen LogP contribution in [-0.4, -0.2) is 35.1 Å². The molecule has 1 aromatic carbocycles. The van der Waals surface area contributed by atoms with Crippen LogP contribution in [0.25, 0.3) is 6.08 Å². The van der Waals surface area contributed by atoms with Gasteiger partial charge in [0.25, 0.3) is 0 Å². The number of carbonyl (C=O) groups excluding carboxylic acids is 1. The molecule has 0 atom stereocenters. The number of hydrogen-bond acceptors (Lipinski definition) is 2. The zero-order valence-electron chi connectivity index (χ0n) is 12.1. The molecular weight excluding hydrogens is 268 g/mol.